The molecule has 0 spiro atoms. The minimum atomic E-state index is -1.08. The van der Waals surface area contributed by atoms with Gasteiger partial charge >= 0.3 is 0 Å². The van der Waals surface area contributed by atoms with E-state index in [0.717, 1.165) is 0 Å². The summed E-state index contributed by atoms with van der Waals surface area (Å²) in [6.07, 6.45) is -0.298. The molecule has 0 saturated carbocycles. The van der Waals surface area contributed by atoms with Gasteiger partial charge in [0.05, 0.1) is 0 Å². The summed E-state index contributed by atoms with van der Waals surface area (Å²) >= 11 is 0. The Morgan fingerprint density at radius 2 is 1.92 bits per heavy atom. The molecule has 13 heavy (non-hydrogen) atoms. The smallest absolute Gasteiger partial charge is 0.265 e. The minimum Gasteiger partial charge on any atom is -0.345 e. The van der Waals surface area contributed by atoms with Gasteiger partial charge in [-0.15, -0.1) is 0 Å². The highest BCUT2D eigenvalue weighted by atomic mass is 16.7. The van der Waals surface area contributed by atoms with Gasteiger partial charge in [-0.05, 0) is 0 Å². The van der Waals surface area contributed by atoms with Crippen LogP contribution in [0.4, 0.5) is 0 Å². The van der Waals surface area contributed by atoms with Crippen molar-refractivity contribution >= 4 is 0 Å². The summed E-state index contributed by atoms with van der Waals surface area (Å²) in [6, 6.07) is 0. The van der Waals surface area contributed by atoms with Gasteiger partial charge < -0.3 is 9.47 Å². The summed E-state index contributed by atoms with van der Waals surface area (Å²) in [6.45, 7) is 5.70. The van der Waals surface area contributed by atoms with Crippen LogP contribution in [-0.2, 0) is 9.47 Å². The molecular weight excluding hydrogens is 174 g/mol. The first kappa shape index (κ1) is 10.4. The fraction of sp³-hybridized carbons (Fsp3) is 1.00. The Kier molecular flexibility index (Phi) is 2.87. The normalized spacial score (nSPS) is 34.9. The monoisotopic (exact) mass is 189 g/mol. The molecule has 0 aromatic carbocycles. The molecule has 0 aromatic heterocycles. The first-order chi connectivity index (χ1) is 5.96. The summed E-state index contributed by atoms with van der Waals surface area (Å²) in [4.78, 5) is 10.3. The molecule has 0 N–H and O–H groups in total. The van der Waals surface area contributed by atoms with Crippen molar-refractivity contribution in [1.82, 2.24) is 0 Å². The topological polar surface area (TPSA) is 61.6 Å². The van der Waals surface area contributed by atoms with Gasteiger partial charge in [0, 0.05) is 17.8 Å². The van der Waals surface area contributed by atoms with E-state index in [1.807, 2.05) is 13.8 Å². The quantitative estimate of drug-likeness (QED) is 0.481. The van der Waals surface area contributed by atoms with Crippen LogP contribution < -0.4 is 0 Å². The zero-order valence-electron chi connectivity index (χ0n) is 8.15. The fourth-order valence-electron chi connectivity index (χ4n) is 1.10. The van der Waals surface area contributed by atoms with Gasteiger partial charge in [-0.25, -0.2) is 0 Å². The van der Waals surface area contributed by atoms with E-state index >= 15 is 0 Å². The maximum atomic E-state index is 10.6. The number of hydrogen-bond donors (Lipinski definition) is 0. The second-order valence-corrected chi connectivity index (χ2v) is 3.99. The lowest BCUT2D eigenvalue weighted by Crippen LogP contribution is -2.51. The molecule has 1 aliphatic heterocycles. The first-order valence-electron chi connectivity index (χ1n) is 4.33. The third-order valence-electron chi connectivity index (χ3n) is 2.10. The van der Waals surface area contributed by atoms with Crippen LogP contribution in [0.1, 0.15) is 20.8 Å². The zero-order valence-corrected chi connectivity index (χ0v) is 8.15. The van der Waals surface area contributed by atoms with Gasteiger partial charge in [-0.2, -0.15) is 0 Å². The van der Waals surface area contributed by atoms with Gasteiger partial charge in [0.25, 0.3) is 5.54 Å². The Bertz CT molecular complexity index is 196. The summed E-state index contributed by atoms with van der Waals surface area (Å²) in [5, 5.41) is 10.6. The molecule has 76 valence electrons. The molecule has 1 aliphatic rings. The highest BCUT2D eigenvalue weighted by molar-refractivity contribution is 4.77. The number of nitro groups is 1. The Morgan fingerprint density at radius 1 is 1.46 bits per heavy atom. The summed E-state index contributed by atoms with van der Waals surface area (Å²) < 4.78 is 10.5. The van der Waals surface area contributed by atoms with Crippen molar-refractivity contribution in [3.8, 4) is 0 Å². The van der Waals surface area contributed by atoms with Crippen LogP contribution in [0.5, 0.6) is 0 Å². The molecular formula is C8H15NO4. The van der Waals surface area contributed by atoms with Gasteiger partial charge in [0.1, 0.15) is 13.2 Å². The van der Waals surface area contributed by atoms with E-state index in [9.17, 15) is 10.1 Å². The van der Waals surface area contributed by atoms with Crippen molar-refractivity contribution in [3.05, 3.63) is 10.1 Å². The number of nitrogens with zero attached hydrogens (tertiary/aromatic N) is 1. The lowest BCUT2D eigenvalue weighted by atomic mass is 10.1. The molecule has 0 radical (unpaired) electrons. The summed E-state index contributed by atoms with van der Waals surface area (Å²) in [5.74, 6) is 0.233. The van der Waals surface area contributed by atoms with E-state index < -0.39 is 5.54 Å². The first-order valence-corrected chi connectivity index (χ1v) is 4.33. The molecule has 1 heterocycles. The van der Waals surface area contributed by atoms with Crippen molar-refractivity contribution in [2.24, 2.45) is 5.92 Å². The van der Waals surface area contributed by atoms with Crippen LogP contribution in [0.15, 0.2) is 0 Å². The van der Waals surface area contributed by atoms with Crippen LogP contribution in [0.25, 0.3) is 0 Å². The molecule has 5 heteroatoms. The third kappa shape index (κ3) is 2.16. The van der Waals surface area contributed by atoms with Gasteiger partial charge in [0.2, 0.25) is 0 Å². The van der Waals surface area contributed by atoms with Crippen LogP contribution in [0.2, 0.25) is 0 Å². The van der Waals surface area contributed by atoms with Crippen LogP contribution >= 0.6 is 0 Å². The largest absolute Gasteiger partial charge is 0.345 e. The fourth-order valence-corrected chi connectivity index (χ4v) is 1.10. The van der Waals surface area contributed by atoms with Crippen molar-refractivity contribution in [2.45, 2.75) is 32.6 Å². The average Bonchev–Trinajstić information content (AvgIpc) is 2.04. The molecule has 0 bridgehead atoms. The Balaban J connectivity index is 2.51. The van der Waals surface area contributed by atoms with Crippen molar-refractivity contribution in [3.63, 3.8) is 0 Å². The lowest BCUT2D eigenvalue weighted by molar-refractivity contribution is -0.587. The molecule has 1 saturated heterocycles. The standard InChI is InChI=1S/C8H15NO4/c1-6(2)7-12-4-8(3,5-13-7)9(10)11/h6-7H,4-5H2,1-3H3. The summed E-state index contributed by atoms with van der Waals surface area (Å²) in [7, 11) is 0. The Morgan fingerprint density at radius 3 is 2.23 bits per heavy atom. The highest BCUT2D eigenvalue weighted by Crippen LogP contribution is 2.22. The van der Waals surface area contributed by atoms with Crippen molar-refractivity contribution in [2.75, 3.05) is 13.2 Å². The molecule has 0 atom stereocenters. The third-order valence-corrected chi connectivity index (χ3v) is 2.10. The second kappa shape index (κ2) is 3.59. The van der Waals surface area contributed by atoms with Crippen molar-refractivity contribution < 1.29 is 14.4 Å². The summed E-state index contributed by atoms with van der Waals surface area (Å²) in [5.41, 5.74) is -1.08. The predicted molar refractivity (Wildman–Crippen MR) is 45.9 cm³/mol. The molecule has 0 aliphatic carbocycles. The Labute approximate surface area is 77.2 Å². The molecule has 0 unspecified atom stereocenters. The minimum absolute atomic E-state index is 0.128. The average molecular weight is 189 g/mol. The molecule has 0 aromatic rings. The van der Waals surface area contributed by atoms with Crippen LogP contribution in [0.3, 0.4) is 0 Å². The van der Waals surface area contributed by atoms with E-state index in [2.05, 4.69) is 0 Å². The lowest BCUT2D eigenvalue weighted by Gasteiger charge is -2.32. The zero-order chi connectivity index (χ0) is 10.1. The molecule has 1 fully saturated rings. The van der Waals surface area contributed by atoms with Gasteiger partial charge in [-0.1, -0.05) is 13.8 Å². The Hall–Kier alpha value is -0.680. The second-order valence-electron chi connectivity index (χ2n) is 3.99. The van der Waals surface area contributed by atoms with Crippen molar-refractivity contribution in [1.29, 1.82) is 0 Å². The number of hydrogen-bond acceptors (Lipinski definition) is 4. The van der Waals surface area contributed by atoms with E-state index in [0.29, 0.717) is 0 Å². The van der Waals surface area contributed by atoms with Gasteiger partial charge in [-0.3, -0.25) is 10.1 Å². The number of ether oxygens (including phenoxy) is 2. The highest BCUT2D eigenvalue weighted by Gasteiger charge is 2.43. The van der Waals surface area contributed by atoms with E-state index in [4.69, 9.17) is 9.47 Å². The van der Waals surface area contributed by atoms with E-state index in [1.54, 1.807) is 0 Å². The van der Waals surface area contributed by atoms with E-state index in [1.165, 1.54) is 6.92 Å². The molecule has 5 nitrogen and oxygen atoms in total. The predicted octanol–water partition coefficient (Wildman–Crippen LogP) is 1.05. The molecule has 0 amide bonds. The maximum absolute atomic E-state index is 10.6. The molecule has 1 rings (SSSR count). The maximum Gasteiger partial charge on any atom is 0.265 e. The SMILES string of the molecule is CC(C)C1OCC(C)([N+](=O)[O-])CO1. The van der Waals surface area contributed by atoms with Crippen LogP contribution in [0, 0.1) is 16.0 Å². The van der Waals surface area contributed by atoms with E-state index in [-0.39, 0.29) is 30.3 Å². The van der Waals surface area contributed by atoms with Gasteiger partial charge in [0.15, 0.2) is 6.29 Å². The van der Waals surface area contributed by atoms with Crippen LogP contribution in [-0.4, -0.2) is 30.0 Å². The number of rotatable bonds is 2.